The Morgan fingerprint density at radius 2 is 2.14 bits per heavy atom. The number of hydrogen-bond donors (Lipinski definition) is 2. The second-order valence-corrected chi connectivity index (χ2v) is 4.63. The molecule has 0 atom stereocenters. The van der Waals surface area contributed by atoms with Crippen molar-refractivity contribution in [2.45, 2.75) is 6.92 Å². The van der Waals surface area contributed by atoms with Gasteiger partial charge in [-0.1, -0.05) is 0 Å². The number of anilines is 1. The lowest BCUT2D eigenvalue weighted by Gasteiger charge is -2.07. The second kappa shape index (κ2) is 5.44. The summed E-state index contributed by atoms with van der Waals surface area (Å²) in [6.45, 7) is 1.66. The van der Waals surface area contributed by atoms with Crippen LogP contribution < -0.4 is 5.32 Å². The van der Waals surface area contributed by atoms with Gasteiger partial charge in [0.05, 0.1) is 17.5 Å². The number of aromatic nitrogens is 2. The SMILES string of the molecule is Cc1[nH]nc(-c2ccco2)c1C(=O)Nc1ccc(F)cc1F. The Hall–Kier alpha value is -2.96. The highest BCUT2D eigenvalue weighted by molar-refractivity contribution is 6.08. The fraction of sp³-hybridized carbons (Fsp3) is 0.0667. The Morgan fingerprint density at radius 3 is 2.82 bits per heavy atom. The van der Waals surface area contributed by atoms with Gasteiger partial charge in [-0.25, -0.2) is 8.78 Å². The number of rotatable bonds is 3. The van der Waals surface area contributed by atoms with Crippen molar-refractivity contribution < 1.29 is 18.0 Å². The summed E-state index contributed by atoms with van der Waals surface area (Å²) in [7, 11) is 0. The van der Waals surface area contributed by atoms with Gasteiger partial charge in [-0.15, -0.1) is 0 Å². The third-order valence-electron chi connectivity index (χ3n) is 3.11. The molecule has 0 unspecified atom stereocenters. The van der Waals surface area contributed by atoms with Crippen molar-refractivity contribution in [3.8, 4) is 11.5 Å². The van der Waals surface area contributed by atoms with Crippen LogP contribution in [0.1, 0.15) is 16.1 Å². The number of hydrogen-bond acceptors (Lipinski definition) is 3. The van der Waals surface area contributed by atoms with Gasteiger partial charge >= 0.3 is 0 Å². The van der Waals surface area contributed by atoms with E-state index in [-0.39, 0.29) is 11.3 Å². The van der Waals surface area contributed by atoms with E-state index in [1.165, 1.54) is 6.26 Å². The van der Waals surface area contributed by atoms with E-state index >= 15 is 0 Å². The molecule has 0 aliphatic rings. The van der Waals surface area contributed by atoms with Gasteiger partial charge in [-0.3, -0.25) is 9.89 Å². The van der Waals surface area contributed by atoms with Crippen molar-refractivity contribution in [3.63, 3.8) is 0 Å². The molecule has 0 bridgehead atoms. The molecule has 0 spiro atoms. The molecule has 5 nitrogen and oxygen atoms in total. The highest BCUT2D eigenvalue weighted by Gasteiger charge is 2.22. The molecule has 7 heteroatoms. The molecule has 1 amide bonds. The Morgan fingerprint density at radius 1 is 1.32 bits per heavy atom. The zero-order valence-corrected chi connectivity index (χ0v) is 11.5. The molecule has 112 valence electrons. The number of aromatic amines is 1. The van der Waals surface area contributed by atoms with Crippen LogP contribution in [0.5, 0.6) is 0 Å². The molecule has 2 N–H and O–H groups in total. The number of nitrogens with one attached hydrogen (secondary N) is 2. The van der Waals surface area contributed by atoms with Gasteiger partial charge in [-0.05, 0) is 31.2 Å². The minimum absolute atomic E-state index is 0.114. The maximum absolute atomic E-state index is 13.6. The van der Waals surface area contributed by atoms with Crippen LogP contribution in [0.25, 0.3) is 11.5 Å². The van der Waals surface area contributed by atoms with E-state index in [4.69, 9.17) is 4.42 Å². The smallest absolute Gasteiger partial charge is 0.259 e. The Labute approximate surface area is 124 Å². The maximum atomic E-state index is 13.6. The Balaban J connectivity index is 1.94. The van der Waals surface area contributed by atoms with E-state index in [2.05, 4.69) is 15.5 Å². The Kier molecular flexibility index (Phi) is 3.46. The van der Waals surface area contributed by atoms with Crippen LogP contribution in [-0.4, -0.2) is 16.1 Å². The number of benzene rings is 1. The number of amides is 1. The fourth-order valence-electron chi connectivity index (χ4n) is 2.07. The molecule has 0 fully saturated rings. The van der Waals surface area contributed by atoms with Gasteiger partial charge in [0.1, 0.15) is 17.3 Å². The summed E-state index contributed by atoms with van der Waals surface area (Å²) in [6, 6.07) is 6.25. The van der Waals surface area contributed by atoms with Gasteiger partial charge < -0.3 is 9.73 Å². The summed E-state index contributed by atoms with van der Waals surface area (Å²) in [4.78, 5) is 12.4. The van der Waals surface area contributed by atoms with E-state index in [1.807, 2.05) is 0 Å². The summed E-state index contributed by atoms with van der Waals surface area (Å²) in [5.41, 5.74) is 0.949. The summed E-state index contributed by atoms with van der Waals surface area (Å²) in [5.74, 6) is -1.72. The lowest BCUT2D eigenvalue weighted by molar-refractivity contribution is 0.102. The molecule has 1 aromatic carbocycles. The van der Waals surface area contributed by atoms with E-state index in [0.29, 0.717) is 23.2 Å². The molecule has 3 aromatic rings. The van der Waals surface area contributed by atoms with E-state index in [1.54, 1.807) is 19.1 Å². The van der Waals surface area contributed by atoms with E-state index < -0.39 is 17.5 Å². The predicted molar refractivity (Wildman–Crippen MR) is 75.3 cm³/mol. The monoisotopic (exact) mass is 303 g/mol. The van der Waals surface area contributed by atoms with Crippen LogP contribution in [0.2, 0.25) is 0 Å². The van der Waals surface area contributed by atoms with Gasteiger partial charge in [0.2, 0.25) is 0 Å². The number of H-pyrrole nitrogens is 1. The van der Waals surface area contributed by atoms with Gasteiger partial charge in [0.15, 0.2) is 5.76 Å². The van der Waals surface area contributed by atoms with Crippen LogP contribution in [0.3, 0.4) is 0 Å². The van der Waals surface area contributed by atoms with Crippen LogP contribution in [0, 0.1) is 18.6 Å². The maximum Gasteiger partial charge on any atom is 0.259 e. The molecule has 0 aliphatic heterocycles. The first kappa shape index (κ1) is 14.0. The molecular weight excluding hydrogens is 292 g/mol. The van der Waals surface area contributed by atoms with Crippen LogP contribution >= 0.6 is 0 Å². The minimum Gasteiger partial charge on any atom is -0.463 e. The minimum atomic E-state index is -0.853. The van der Waals surface area contributed by atoms with Crippen molar-refractivity contribution in [2.75, 3.05) is 5.32 Å². The molecule has 22 heavy (non-hydrogen) atoms. The molecule has 0 aliphatic carbocycles. The van der Waals surface area contributed by atoms with E-state index in [0.717, 1.165) is 12.1 Å². The first-order chi connectivity index (χ1) is 10.6. The first-order valence-electron chi connectivity index (χ1n) is 6.41. The quantitative estimate of drug-likeness (QED) is 0.778. The third-order valence-corrected chi connectivity index (χ3v) is 3.11. The lowest BCUT2D eigenvalue weighted by Crippen LogP contribution is -2.14. The molecule has 2 aromatic heterocycles. The average Bonchev–Trinajstić information content (AvgIpc) is 3.10. The van der Waals surface area contributed by atoms with Crippen molar-refractivity contribution >= 4 is 11.6 Å². The van der Waals surface area contributed by atoms with Crippen molar-refractivity contribution in [2.24, 2.45) is 0 Å². The van der Waals surface area contributed by atoms with Gasteiger partial charge in [0, 0.05) is 11.8 Å². The van der Waals surface area contributed by atoms with Crippen molar-refractivity contribution in [3.05, 3.63) is 59.5 Å². The summed E-state index contributed by atoms with van der Waals surface area (Å²) < 4.78 is 31.7. The molecule has 0 saturated carbocycles. The fourth-order valence-corrected chi connectivity index (χ4v) is 2.07. The molecule has 2 heterocycles. The van der Waals surface area contributed by atoms with Crippen LogP contribution in [0.4, 0.5) is 14.5 Å². The second-order valence-electron chi connectivity index (χ2n) is 4.63. The number of carbonyl (C=O) groups excluding carboxylic acids is 1. The standard InChI is InChI=1S/C15H11F2N3O2/c1-8-13(14(20-19-8)12-3-2-6-22-12)15(21)18-11-5-4-9(16)7-10(11)17/h2-7H,1H3,(H,18,21)(H,19,20). The largest absolute Gasteiger partial charge is 0.463 e. The summed E-state index contributed by atoms with van der Waals surface area (Å²) in [5, 5.41) is 9.12. The normalized spacial score (nSPS) is 10.7. The molecule has 0 saturated heterocycles. The predicted octanol–water partition coefficient (Wildman–Crippen LogP) is 3.51. The van der Waals surface area contributed by atoms with Crippen molar-refractivity contribution in [1.29, 1.82) is 0 Å². The third kappa shape index (κ3) is 2.48. The first-order valence-corrected chi connectivity index (χ1v) is 6.41. The lowest BCUT2D eigenvalue weighted by atomic mass is 10.1. The number of carbonyl (C=O) groups is 1. The van der Waals surface area contributed by atoms with Crippen LogP contribution in [-0.2, 0) is 0 Å². The number of furan rings is 1. The average molecular weight is 303 g/mol. The van der Waals surface area contributed by atoms with Crippen molar-refractivity contribution in [1.82, 2.24) is 10.2 Å². The van der Waals surface area contributed by atoms with Gasteiger partial charge in [0.25, 0.3) is 5.91 Å². The number of nitrogens with zero attached hydrogens (tertiary/aromatic N) is 1. The highest BCUT2D eigenvalue weighted by atomic mass is 19.1. The highest BCUT2D eigenvalue weighted by Crippen LogP contribution is 2.25. The summed E-state index contributed by atoms with van der Waals surface area (Å²) >= 11 is 0. The number of aryl methyl sites for hydroxylation is 1. The van der Waals surface area contributed by atoms with Crippen LogP contribution in [0.15, 0.2) is 41.0 Å². The Bertz CT molecular complexity index is 825. The number of halogens is 2. The molecular formula is C15H11F2N3O2. The zero-order valence-electron chi connectivity index (χ0n) is 11.5. The van der Waals surface area contributed by atoms with Gasteiger partial charge in [-0.2, -0.15) is 5.10 Å². The van der Waals surface area contributed by atoms with E-state index in [9.17, 15) is 13.6 Å². The molecule has 3 rings (SSSR count). The zero-order chi connectivity index (χ0) is 15.7. The summed E-state index contributed by atoms with van der Waals surface area (Å²) in [6.07, 6.45) is 1.46. The topological polar surface area (TPSA) is 70.9 Å². The molecule has 0 radical (unpaired) electrons.